The van der Waals surface area contributed by atoms with Crippen LogP contribution in [-0.2, 0) is 4.79 Å². The molecule has 140 valence electrons. The Hall–Kier alpha value is -4.00. The smallest absolute Gasteiger partial charge is 0.336 e. The molecule has 0 fully saturated rings. The number of hydrogen-bond donors (Lipinski definition) is 1. The Morgan fingerprint density at radius 1 is 1.14 bits per heavy atom. The second-order valence-electron chi connectivity index (χ2n) is 5.73. The zero-order valence-corrected chi connectivity index (χ0v) is 15.0. The number of hydrogen-bond acceptors (Lipinski definition) is 6. The number of carbonyl (C=O) groups excluding carboxylic acids is 2. The maximum absolute atomic E-state index is 11.9. The summed E-state index contributed by atoms with van der Waals surface area (Å²) in [5, 5.41) is 3.91. The highest BCUT2D eigenvalue weighted by atomic mass is 16.5. The number of rotatable bonds is 6. The van der Waals surface area contributed by atoms with E-state index in [9.17, 15) is 9.59 Å². The summed E-state index contributed by atoms with van der Waals surface area (Å²) in [4.78, 5) is 27.8. The van der Waals surface area contributed by atoms with Crippen LogP contribution in [0, 0.1) is 6.92 Å². The van der Waals surface area contributed by atoms with Crippen molar-refractivity contribution in [2.75, 3.05) is 0 Å². The fraction of sp³-hybridized carbons (Fsp3) is 0.0476. The van der Waals surface area contributed by atoms with E-state index in [1.165, 1.54) is 30.8 Å². The van der Waals surface area contributed by atoms with Crippen molar-refractivity contribution < 1.29 is 18.7 Å². The van der Waals surface area contributed by atoms with Crippen molar-refractivity contribution in [3.05, 3.63) is 89.6 Å². The molecule has 0 aliphatic rings. The molecule has 7 nitrogen and oxygen atoms in total. The molecule has 1 amide bonds. The molecular formula is C21H17N3O4. The van der Waals surface area contributed by atoms with E-state index in [0.29, 0.717) is 17.1 Å². The molecule has 3 aromatic rings. The highest BCUT2D eigenvalue weighted by Gasteiger charge is 2.04. The Labute approximate surface area is 161 Å². The highest BCUT2D eigenvalue weighted by Crippen LogP contribution is 2.12. The number of nitrogens with one attached hydrogen (secondary N) is 1. The van der Waals surface area contributed by atoms with Gasteiger partial charge in [-0.2, -0.15) is 5.10 Å². The number of aryl methyl sites for hydroxylation is 1. The fourth-order valence-electron chi connectivity index (χ4n) is 2.14. The van der Waals surface area contributed by atoms with Crippen LogP contribution in [0.25, 0.3) is 6.08 Å². The molecule has 2 heterocycles. The Balaban J connectivity index is 1.51. The molecule has 0 spiro atoms. The van der Waals surface area contributed by atoms with Gasteiger partial charge in [-0.1, -0.05) is 0 Å². The van der Waals surface area contributed by atoms with Crippen LogP contribution in [0.1, 0.15) is 27.4 Å². The number of aromatic nitrogens is 1. The third-order valence-electron chi connectivity index (χ3n) is 3.58. The van der Waals surface area contributed by atoms with Crippen LogP contribution in [0.2, 0.25) is 0 Å². The van der Waals surface area contributed by atoms with E-state index in [1.807, 2.05) is 6.92 Å². The minimum absolute atomic E-state index is 0.349. The molecule has 0 unspecified atom stereocenters. The number of pyridine rings is 1. The van der Waals surface area contributed by atoms with E-state index >= 15 is 0 Å². The number of hydrazone groups is 1. The molecule has 1 N–H and O–H groups in total. The summed E-state index contributed by atoms with van der Waals surface area (Å²) in [6.45, 7) is 1.84. The van der Waals surface area contributed by atoms with E-state index in [-0.39, 0.29) is 5.91 Å². The predicted octanol–water partition coefficient (Wildman–Crippen LogP) is 3.37. The van der Waals surface area contributed by atoms with Crippen molar-refractivity contribution >= 4 is 24.2 Å². The Morgan fingerprint density at radius 2 is 1.96 bits per heavy atom. The molecule has 28 heavy (non-hydrogen) atoms. The van der Waals surface area contributed by atoms with Gasteiger partial charge in [0.2, 0.25) is 0 Å². The number of carbonyl (C=O) groups is 2. The van der Waals surface area contributed by atoms with Crippen molar-refractivity contribution in [2.45, 2.75) is 6.92 Å². The zero-order valence-electron chi connectivity index (χ0n) is 15.0. The van der Waals surface area contributed by atoms with Crippen molar-refractivity contribution in [2.24, 2.45) is 5.10 Å². The van der Waals surface area contributed by atoms with Gasteiger partial charge in [-0.15, -0.1) is 0 Å². The van der Waals surface area contributed by atoms with Gasteiger partial charge in [-0.25, -0.2) is 10.2 Å². The van der Waals surface area contributed by atoms with Gasteiger partial charge < -0.3 is 9.15 Å². The molecule has 7 heteroatoms. The van der Waals surface area contributed by atoms with Gasteiger partial charge in [0, 0.05) is 18.0 Å². The third-order valence-corrected chi connectivity index (χ3v) is 3.58. The fourth-order valence-corrected chi connectivity index (χ4v) is 2.14. The topological polar surface area (TPSA) is 93.8 Å². The first kappa shape index (κ1) is 18.8. The van der Waals surface area contributed by atoms with Crippen LogP contribution < -0.4 is 10.2 Å². The molecule has 0 aliphatic heterocycles. The van der Waals surface area contributed by atoms with E-state index < -0.39 is 5.97 Å². The average Bonchev–Trinajstić information content (AvgIpc) is 3.22. The largest absolute Gasteiger partial charge is 0.465 e. The highest BCUT2D eigenvalue weighted by molar-refractivity contribution is 5.94. The molecule has 0 bridgehead atoms. The summed E-state index contributed by atoms with van der Waals surface area (Å²) in [5.41, 5.74) is 4.42. The number of esters is 1. The summed E-state index contributed by atoms with van der Waals surface area (Å²) in [6.07, 6.45) is 7.30. The number of nitrogens with zero attached hydrogens (tertiary/aromatic N) is 2. The van der Waals surface area contributed by atoms with Crippen molar-refractivity contribution in [3.63, 3.8) is 0 Å². The SMILES string of the molecule is Cc1ccc(C(=O)NN=Cc2ccc(OC(=O)/C=C/c3ccco3)cc2)cn1. The molecular weight excluding hydrogens is 358 g/mol. The molecule has 0 saturated carbocycles. The summed E-state index contributed by atoms with van der Waals surface area (Å²) in [6, 6.07) is 13.6. The second kappa shape index (κ2) is 9.09. The summed E-state index contributed by atoms with van der Waals surface area (Å²) < 4.78 is 10.3. The third kappa shape index (κ3) is 5.50. The van der Waals surface area contributed by atoms with Crippen LogP contribution in [-0.4, -0.2) is 23.1 Å². The van der Waals surface area contributed by atoms with E-state index in [0.717, 1.165) is 11.3 Å². The molecule has 0 atom stereocenters. The predicted molar refractivity (Wildman–Crippen MR) is 104 cm³/mol. The number of furan rings is 1. The van der Waals surface area contributed by atoms with Crippen molar-refractivity contribution in [3.8, 4) is 5.75 Å². The lowest BCUT2D eigenvalue weighted by molar-refractivity contribution is -0.128. The quantitative estimate of drug-likeness (QED) is 0.234. The number of ether oxygens (including phenoxy) is 1. The molecule has 3 rings (SSSR count). The standard InChI is InChI=1S/C21H17N3O4/c1-15-4-7-17(14-22-15)21(26)24-23-13-16-5-8-19(9-6-16)28-20(25)11-10-18-3-2-12-27-18/h2-14H,1H3,(H,24,26)/b11-10+,23-13?. The van der Waals surface area contributed by atoms with Gasteiger partial charge >= 0.3 is 5.97 Å². The van der Waals surface area contributed by atoms with Gasteiger partial charge in [0.05, 0.1) is 18.0 Å². The van der Waals surface area contributed by atoms with Crippen molar-refractivity contribution in [1.29, 1.82) is 0 Å². The summed E-state index contributed by atoms with van der Waals surface area (Å²) >= 11 is 0. The van der Waals surface area contributed by atoms with Crippen LogP contribution in [0.15, 0.2) is 76.6 Å². The van der Waals surface area contributed by atoms with E-state index in [1.54, 1.807) is 48.5 Å². The molecule has 0 aliphatic carbocycles. The van der Waals surface area contributed by atoms with Crippen molar-refractivity contribution in [1.82, 2.24) is 10.4 Å². The maximum Gasteiger partial charge on any atom is 0.336 e. The lowest BCUT2D eigenvalue weighted by atomic mass is 10.2. The summed E-state index contributed by atoms with van der Waals surface area (Å²) in [5.74, 6) is 0.0856. The van der Waals surface area contributed by atoms with Crippen LogP contribution >= 0.6 is 0 Å². The monoisotopic (exact) mass is 375 g/mol. The average molecular weight is 375 g/mol. The molecule has 2 aromatic heterocycles. The van der Waals surface area contributed by atoms with E-state index in [4.69, 9.17) is 9.15 Å². The second-order valence-corrected chi connectivity index (χ2v) is 5.73. The van der Waals surface area contributed by atoms with Gasteiger partial charge in [0.25, 0.3) is 5.91 Å². The van der Waals surface area contributed by atoms with Gasteiger partial charge in [0.15, 0.2) is 0 Å². The zero-order chi connectivity index (χ0) is 19.8. The van der Waals surface area contributed by atoms with Gasteiger partial charge in [-0.05, 0) is 67.1 Å². The minimum Gasteiger partial charge on any atom is -0.465 e. The molecule has 0 radical (unpaired) electrons. The minimum atomic E-state index is -0.517. The Morgan fingerprint density at radius 3 is 2.64 bits per heavy atom. The van der Waals surface area contributed by atoms with Crippen LogP contribution in [0.3, 0.4) is 0 Å². The summed E-state index contributed by atoms with van der Waals surface area (Å²) in [7, 11) is 0. The molecule has 1 aromatic carbocycles. The van der Waals surface area contributed by atoms with Crippen LogP contribution in [0.4, 0.5) is 0 Å². The first-order valence-corrected chi connectivity index (χ1v) is 8.40. The lowest BCUT2D eigenvalue weighted by Gasteiger charge is -2.02. The first-order valence-electron chi connectivity index (χ1n) is 8.40. The number of benzene rings is 1. The van der Waals surface area contributed by atoms with Gasteiger partial charge in [0.1, 0.15) is 11.5 Å². The molecule has 0 saturated heterocycles. The van der Waals surface area contributed by atoms with Crippen LogP contribution in [0.5, 0.6) is 5.75 Å². The maximum atomic E-state index is 11.9. The normalized spacial score (nSPS) is 11.0. The van der Waals surface area contributed by atoms with Gasteiger partial charge in [-0.3, -0.25) is 9.78 Å². The lowest BCUT2D eigenvalue weighted by Crippen LogP contribution is -2.17. The first-order chi connectivity index (χ1) is 13.6. The van der Waals surface area contributed by atoms with E-state index in [2.05, 4.69) is 15.5 Å². The Bertz CT molecular complexity index is 989. The number of amides is 1. The Kier molecular flexibility index (Phi) is 6.10.